The van der Waals surface area contributed by atoms with E-state index in [2.05, 4.69) is 24.1 Å². The number of rotatable bonds is 2. The molecule has 0 unspecified atom stereocenters. The van der Waals surface area contributed by atoms with E-state index in [0.29, 0.717) is 11.7 Å². The van der Waals surface area contributed by atoms with Crippen molar-refractivity contribution in [3.8, 4) is 11.4 Å². The highest BCUT2D eigenvalue weighted by atomic mass is 19.1. The normalized spacial score (nSPS) is 14.3. The first-order chi connectivity index (χ1) is 10.0. The van der Waals surface area contributed by atoms with Gasteiger partial charge in [-0.2, -0.15) is 0 Å². The van der Waals surface area contributed by atoms with Crippen LogP contribution in [0.5, 0.6) is 0 Å². The summed E-state index contributed by atoms with van der Waals surface area (Å²) in [6.07, 6.45) is 0.964. The Morgan fingerprint density at radius 1 is 1.19 bits per heavy atom. The number of hydrogen-bond acceptors (Lipinski definition) is 3. The second kappa shape index (κ2) is 5.53. The highest BCUT2D eigenvalue weighted by Crippen LogP contribution is 2.27. The van der Waals surface area contributed by atoms with E-state index in [1.54, 1.807) is 0 Å². The Labute approximate surface area is 124 Å². The van der Waals surface area contributed by atoms with Crippen LogP contribution < -0.4 is 5.32 Å². The minimum atomic E-state index is -0.240. The van der Waals surface area contributed by atoms with Gasteiger partial charge in [0.1, 0.15) is 5.82 Å². The molecule has 1 aromatic carbocycles. The highest BCUT2D eigenvalue weighted by Gasteiger charge is 2.20. The molecular weight excluding hydrogens is 265 g/mol. The van der Waals surface area contributed by atoms with Crippen molar-refractivity contribution < 1.29 is 4.39 Å². The van der Waals surface area contributed by atoms with E-state index >= 15 is 0 Å². The first-order valence-corrected chi connectivity index (χ1v) is 7.42. The van der Waals surface area contributed by atoms with Crippen molar-refractivity contribution in [1.82, 2.24) is 15.3 Å². The molecule has 2 aromatic rings. The molecule has 0 atom stereocenters. The van der Waals surface area contributed by atoms with E-state index in [9.17, 15) is 4.39 Å². The molecule has 4 heteroatoms. The minimum Gasteiger partial charge on any atom is -0.311 e. The van der Waals surface area contributed by atoms with Gasteiger partial charge in [0, 0.05) is 12.1 Å². The Kier molecular flexibility index (Phi) is 3.72. The van der Waals surface area contributed by atoms with Crippen molar-refractivity contribution in [2.75, 3.05) is 6.54 Å². The topological polar surface area (TPSA) is 37.8 Å². The number of halogens is 1. The number of nitrogens with one attached hydrogen (secondary N) is 1. The van der Waals surface area contributed by atoms with Crippen LogP contribution in [0.15, 0.2) is 18.2 Å². The van der Waals surface area contributed by atoms with E-state index in [0.717, 1.165) is 42.0 Å². The summed E-state index contributed by atoms with van der Waals surface area (Å²) >= 11 is 0. The molecule has 1 N–H and O–H groups in total. The largest absolute Gasteiger partial charge is 0.311 e. The van der Waals surface area contributed by atoms with Crippen LogP contribution in [0.25, 0.3) is 11.4 Å². The Morgan fingerprint density at radius 3 is 2.71 bits per heavy atom. The first-order valence-electron chi connectivity index (χ1n) is 7.42. The van der Waals surface area contributed by atoms with Crippen molar-refractivity contribution >= 4 is 0 Å². The van der Waals surface area contributed by atoms with Crippen LogP contribution in [0.2, 0.25) is 0 Å². The van der Waals surface area contributed by atoms with Crippen LogP contribution >= 0.6 is 0 Å². The van der Waals surface area contributed by atoms with Crippen LogP contribution in [0.1, 0.15) is 42.3 Å². The van der Waals surface area contributed by atoms with Gasteiger partial charge in [-0.1, -0.05) is 13.8 Å². The van der Waals surface area contributed by atoms with E-state index in [4.69, 9.17) is 4.98 Å². The molecule has 0 saturated carbocycles. The van der Waals surface area contributed by atoms with E-state index < -0.39 is 0 Å². The lowest BCUT2D eigenvalue weighted by Gasteiger charge is -2.21. The van der Waals surface area contributed by atoms with Crippen molar-refractivity contribution in [2.45, 2.75) is 39.7 Å². The van der Waals surface area contributed by atoms with Gasteiger partial charge in [-0.05, 0) is 55.1 Å². The first kappa shape index (κ1) is 14.1. The molecule has 3 nitrogen and oxygen atoms in total. The minimum absolute atomic E-state index is 0.240. The zero-order valence-corrected chi connectivity index (χ0v) is 12.7. The van der Waals surface area contributed by atoms with Crippen LogP contribution in [0, 0.1) is 12.7 Å². The van der Waals surface area contributed by atoms with Gasteiger partial charge >= 0.3 is 0 Å². The molecule has 110 valence electrons. The molecule has 1 aliphatic heterocycles. The molecule has 0 radical (unpaired) electrons. The molecule has 0 bridgehead atoms. The summed E-state index contributed by atoms with van der Waals surface area (Å²) in [6, 6.07) is 4.97. The average Bonchev–Trinajstić information content (AvgIpc) is 2.45. The lowest BCUT2D eigenvalue weighted by molar-refractivity contribution is 0.608. The predicted molar refractivity (Wildman–Crippen MR) is 81.7 cm³/mol. The summed E-state index contributed by atoms with van der Waals surface area (Å²) in [5, 5.41) is 3.34. The Balaban J connectivity index is 2.17. The van der Waals surface area contributed by atoms with Crippen LogP contribution in [0.4, 0.5) is 4.39 Å². The van der Waals surface area contributed by atoms with Gasteiger partial charge in [0.25, 0.3) is 0 Å². The van der Waals surface area contributed by atoms with Gasteiger partial charge in [-0.3, -0.25) is 0 Å². The molecule has 21 heavy (non-hydrogen) atoms. The SMILES string of the molecule is Cc1cc(F)cc(-c2nc3c(c(C(C)C)n2)CCNC3)c1. The maximum atomic E-state index is 13.6. The van der Waals surface area contributed by atoms with Crippen molar-refractivity contribution in [3.05, 3.63) is 46.5 Å². The molecule has 0 amide bonds. The predicted octanol–water partition coefficient (Wildman–Crippen LogP) is 3.36. The Hall–Kier alpha value is -1.81. The quantitative estimate of drug-likeness (QED) is 0.919. The molecule has 0 spiro atoms. The molecular formula is C17H20FN3. The van der Waals surface area contributed by atoms with Gasteiger partial charge in [0.05, 0.1) is 11.4 Å². The van der Waals surface area contributed by atoms with Gasteiger partial charge in [0.15, 0.2) is 5.82 Å². The van der Waals surface area contributed by atoms with Crippen LogP contribution in [0.3, 0.4) is 0 Å². The van der Waals surface area contributed by atoms with Gasteiger partial charge < -0.3 is 5.32 Å². The smallest absolute Gasteiger partial charge is 0.159 e. The third kappa shape index (κ3) is 2.81. The third-order valence-electron chi connectivity index (χ3n) is 3.82. The standard InChI is InChI=1S/C17H20FN3/c1-10(2)16-14-4-5-19-9-15(14)20-17(21-16)12-6-11(3)7-13(18)8-12/h6-8,10,19H,4-5,9H2,1-3H3. The van der Waals surface area contributed by atoms with Gasteiger partial charge in [0.2, 0.25) is 0 Å². The summed E-state index contributed by atoms with van der Waals surface area (Å²) in [5.41, 5.74) is 5.05. The molecule has 0 saturated heterocycles. The number of aryl methyl sites for hydroxylation is 1. The number of benzene rings is 1. The molecule has 0 aliphatic carbocycles. The lowest BCUT2D eigenvalue weighted by Crippen LogP contribution is -2.27. The second-order valence-electron chi connectivity index (χ2n) is 5.96. The fourth-order valence-corrected chi connectivity index (χ4v) is 2.86. The van der Waals surface area contributed by atoms with Crippen molar-refractivity contribution in [2.24, 2.45) is 0 Å². The van der Waals surface area contributed by atoms with E-state index in [1.165, 1.54) is 17.7 Å². The molecule has 1 aliphatic rings. The van der Waals surface area contributed by atoms with Gasteiger partial charge in [-0.15, -0.1) is 0 Å². The third-order valence-corrected chi connectivity index (χ3v) is 3.82. The second-order valence-corrected chi connectivity index (χ2v) is 5.96. The summed E-state index contributed by atoms with van der Waals surface area (Å²) < 4.78 is 13.6. The summed E-state index contributed by atoms with van der Waals surface area (Å²) in [7, 11) is 0. The summed E-state index contributed by atoms with van der Waals surface area (Å²) in [6.45, 7) is 7.90. The number of hydrogen-bond donors (Lipinski definition) is 1. The molecule has 2 heterocycles. The monoisotopic (exact) mass is 285 g/mol. The van der Waals surface area contributed by atoms with Crippen LogP contribution in [-0.2, 0) is 13.0 Å². The number of aromatic nitrogens is 2. The molecule has 1 aromatic heterocycles. The molecule has 0 fully saturated rings. The fourth-order valence-electron chi connectivity index (χ4n) is 2.86. The number of fused-ring (bicyclic) bond motifs is 1. The van der Waals surface area contributed by atoms with Crippen LogP contribution in [-0.4, -0.2) is 16.5 Å². The van der Waals surface area contributed by atoms with Crippen molar-refractivity contribution in [3.63, 3.8) is 0 Å². The fraction of sp³-hybridized carbons (Fsp3) is 0.412. The van der Waals surface area contributed by atoms with Crippen molar-refractivity contribution in [1.29, 1.82) is 0 Å². The summed E-state index contributed by atoms with van der Waals surface area (Å²) in [5.74, 6) is 0.729. The Morgan fingerprint density at radius 2 is 2.00 bits per heavy atom. The lowest BCUT2D eigenvalue weighted by atomic mass is 9.97. The van der Waals surface area contributed by atoms with Gasteiger partial charge in [-0.25, -0.2) is 14.4 Å². The summed E-state index contributed by atoms with van der Waals surface area (Å²) in [4.78, 5) is 9.40. The zero-order chi connectivity index (χ0) is 15.0. The van der Waals surface area contributed by atoms with E-state index in [-0.39, 0.29) is 5.82 Å². The molecule has 3 rings (SSSR count). The maximum absolute atomic E-state index is 13.6. The average molecular weight is 285 g/mol. The zero-order valence-electron chi connectivity index (χ0n) is 12.7. The van der Waals surface area contributed by atoms with E-state index in [1.807, 2.05) is 13.0 Å². The maximum Gasteiger partial charge on any atom is 0.159 e. The highest BCUT2D eigenvalue weighted by molar-refractivity contribution is 5.57. The Bertz CT molecular complexity index is 660. The number of nitrogens with zero attached hydrogens (tertiary/aromatic N) is 2.